The molecule has 0 N–H and O–H groups in total. The predicted octanol–water partition coefficient (Wildman–Crippen LogP) is 6.71. The van der Waals surface area contributed by atoms with Crippen molar-refractivity contribution < 1.29 is 0 Å². The van der Waals surface area contributed by atoms with Crippen LogP contribution >= 0.6 is 11.6 Å². The Morgan fingerprint density at radius 2 is 1.48 bits per heavy atom. The molecule has 3 aromatic carbocycles. The SMILES string of the molecule is Cc1c(CN(C)C)n(C=C(c2ccccc2)c2ccccc2)c2ccc(Cl)cc12. The summed E-state index contributed by atoms with van der Waals surface area (Å²) in [6.45, 7) is 3.04. The summed E-state index contributed by atoms with van der Waals surface area (Å²) < 4.78 is 2.33. The summed E-state index contributed by atoms with van der Waals surface area (Å²) in [6, 6.07) is 27.3. The van der Waals surface area contributed by atoms with Gasteiger partial charge in [0.25, 0.3) is 0 Å². The van der Waals surface area contributed by atoms with E-state index >= 15 is 0 Å². The van der Waals surface area contributed by atoms with Crippen LogP contribution in [0.25, 0.3) is 22.7 Å². The zero-order chi connectivity index (χ0) is 20.4. The molecule has 0 aliphatic rings. The molecule has 0 amide bonds. The smallest absolute Gasteiger partial charge is 0.0529 e. The highest BCUT2D eigenvalue weighted by atomic mass is 35.5. The zero-order valence-electron chi connectivity index (χ0n) is 17.1. The van der Waals surface area contributed by atoms with Crippen molar-refractivity contribution in [3.05, 3.63) is 106 Å². The molecule has 0 spiro atoms. The Kier molecular flexibility index (Phi) is 5.57. The summed E-state index contributed by atoms with van der Waals surface area (Å²) in [5.74, 6) is 0. The Bertz CT molecular complexity index is 1110. The Labute approximate surface area is 177 Å². The number of aryl methyl sites for hydroxylation is 1. The number of rotatable bonds is 5. The fourth-order valence-electron chi connectivity index (χ4n) is 3.82. The van der Waals surface area contributed by atoms with Crippen molar-refractivity contribution in [2.75, 3.05) is 14.1 Å². The van der Waals surface area contributed by atoms with Crippen molar-refractivity contribution in [1.82, 2.24) is 9.47 Å². The minimum Gasteiger partial charge on any atom is -0.318 e. The number of aromatic nitrogens is 1. The van der Waals surface area contributed by atoms with E-state index in [-0.39, 0.29) is 0 Å². The van der Waals surface area contributed by atoms with Crippen LogP contribution in [0, 0.1) is 6.92 Å². The molecule has 1 aromatic heterocycles. The minimum absolute atomic E-state index is 0.768. The van der Waals surface area contributed by atoms with Crippen LogP contribution in [-0.4, -0.2) is 23.6 Å². The van der Waals surface area contributed by atoms with Crippen molar-refractivity contribution in [3.63, 3.8) is 0 Å². The highest BCUT2D eigenvalue weighted by molar-refractivity contribution is 6.31. The maximum absolute atomic E-state index is 6.32. The molecule has 1 heterocycles. The van der Waals surface area contributed by atoms with E-state index in [1.807, 2.05) is 6.07 Å². The van der Waals surface area contributed by atoms with Crippen molar-refractivity contribution in [2.24, 2.45) is 0 Å². The molecule has 0 fully saturated rings. The van der Waals surface area contributed by atoms with Gasteiger partial charge in [0.15, 0.2) is 0 Å². The van der Waals surface area contributed by atoms with Gasteiger partial charge in [-0.2, -0.15) is 0 Å². The minimum atomic E-state index is 0.768. The number of fused-ring (bicyclic) bond motifs is 1. The molecule has 0 atom stereocenters. The van der Waals surface area contributed by atoms with E-state index in [2.05, 4.69) is 109 Å². The topological polar surface area (TPSA) is 8.17 Å². The first-order chi connectivity index (χ1) is 14.0. The van der Waals surface area contributed by atoms with Gasteiger partial charge in [-0.3, -0.25) is 0 Å². The van der Waals surface area contributed by atoms with E-state index in [1.165, 1.54) is 38.9 Å². The molecule has 0 radical (unpaired) electrons. The number of halogens is 1. The molecular formula is C26H25ClN2. The average molecular weight is 401 g/mol. The lowest BCUT2D eigenvalue weighted by atomic mass is 9.99. The van der Waals surface area contributed by atoms with Crippen LogP contribution in [0.2, 0.25) is 5.02 Å². The molecule has 29 heavy (non-hydrogen) atoms. The van der Waals surface area contributed by atoms with Crippen LogP contribution in [0.3, 0.4) is 0 Å². The van der Waals surface area contributed by atoms with Crippen LogP contribution in [-0.2, 0) is 6.54 Å². The lowest BCUT2D eigenvalue weighted by Crippen LogP contribution is -2.14. The summed E-state index contributed by atoms with van der Waals surface area (Å²) in [6.07, 6.45) is 2.27. The first-order valence-electron chi connectivity index (χ1n) is 9.81. The zero-order valence-corrected chi connectivity index (χ0v) is 17.8. The first-order valence-corrected chi connectivity index (χ1v) is 10.2. The standard InChI is InChI=1S/C26H25ClN2/c1-19-23-16-22(27)14-15-25(23)29(26(19)18-28(2)3)17-24(20-10-6-4-7-11-20)21-12-8-5-9-13-21/h4-17H,18H2,1-3H3. The van der Waals surface area contributed by atoms with Gasteiger partial charge < -0.3 is 9.47 Å². The first kappa shape index (κ1) is 19.5. The maximum atomic E-state index is 6.32. The van der Waals surface area contributed by atoms with Gasteiger partial charge in [0.2, 0.25) is 0 Å². The molecule has 0 unspecified atom stereocenters. The number of hydrogen-bond acceptors (Lipinski definition) is 1. The third-order valence-corrected chi connectivity index (χ3v) is 5.47. The normalized spacial score (nSPS) is 11.2. The largest absolute Gasteiger partial charge is 0.318 e. The van der Waals surface area contributed by atoms with Gasteiger partial charge in [0.1, 0.15) is 0 Å². The van der Waals surface area contributed by atoms with Crippen LogP contribution in [0.1, 0.15) is 22.4 Å². The van der Waals surface area contributed by atoms with Crippen molar-refractivity contribution in [2.45, 2.75) is 13.5 Å². The summed E-state index contributed by atoms with van der Waals surface area (Å²) >= 11 is 6.32. The fourth-order valence-corrected chi connectivity index (χ4v) is 3.99. The van der Waals surface area contributed by atoms with Gasteiger partial charge >= 0.3 is 0 Å². The molecule has 0 aliphatic heterocycles. The molecule has 3 heteroatoms. The second-order valence-electron chi connectivity index (χ2n) is 7.62. The second kappa shape index (κ2) is 8.28. The van der Waals surface area contributed by atoms with E-state index in [9.17, 15) is 0 Å². The summed E-state index contributed by atoms with van der Waals surface area (Å²) in [4.78, 5) is 2.21. The lowest BCUT2D eigenvalue weighted by Gasteiger charge is -2.15. The Balaban J connectivity index is 2.01. The summed E-state index contributed by atoms with van der Waals surface area (Å²) in [5, 5.41) is 1.97. The van der Waals surface area contributed by atoms with Gasteiger partial charge in [-0.05, 0) is 55.9 Å². The van der Waals surface area contributed by atoms with E-state index in [0.29, 0.717) is 0 Å². The monoisotopic (exact) mass is 400 g/mol. The molecule has 0 bridgehead atoms. The van der Waals surface area contributed by atoms with Gasteiger partial charge in [-0.25, -0.2) is 0 Å². The highest BCUT2D eigenvalue weighted by Crippen LogP contribution is 2.32. The number of hydrogen-bond donors (Lipinski definition) is 0. The van der Waals surface area contributed by atoms with Crippen LogP contribution in [0.15, 0.2) is 78.9 Å². The van der Waals surface area contributed by atoms with E-state index in [0.717, 1.165) is 11.6 Å². The molecule has 0 saturated carbocycles. The predicted molar refractivity (Wildman–Crippen MR) is 125 cm³/mol. The molecule has 146 valence electrons. The van der Waals surface area contributed by atoms with Crippen molar-refractivity contribution in [3.8, 4) is 0 Å². The number of nitrogens with zero attached hydrogens (tertiary/aromatic N) is 2. The third-order valence-electron chi connectivity index (χ3n) is 5.24. The molecule has 0 aliphatic carbocycles. The Morgan fingerprint density at radius 3 is 2.03 bits per heavy atom. The molecule has 0 saturated heterocycles. The van der Waals surface area contributed by atoms with E-state index < -0.39 is 0 Å². The molecule has 2 nitrogen and oxygen atoms in total. The maximum Gasteiger partial charge on any atom is 0.0529 e. The number of benzene rings is 3. The van der Waals surface area contributed by atoms with Gasteiger partial charge in [-0.15, -0.1) is 0 Å². The van der Waals surface area contributed by atoms with Crippen LogP contribution in [0.5, 0.6) is 0 Å². The quantitative estimate of drug-likeness (QED) is 0.361. The fraction of sp³-hybridized carbons (Fsp3) is 0.154. The molecule has 4 aromatic rings. The Hall–Kier alpha value is -2.81. The van der Waals surface area contributed by atoms with E-state index in [4.69, 9.17) is 11.6 Å². The Morgan fingerprint density at radius 1 is 0.897 bits per heavy atom. The highest BCUT2D eigenvalue weighted by Gasteiger charge is 2.15. The lowest BCUT2D eigenvalue weighted by molar-refractivity contribution is 0.394. The van der Waals surface area contributed by atoms with E-state index in [1.54, 1.807) is 0 Å². The van der Waals surface area contributed by atoms with Gasteiger partial charge in [0.05, 0.1) is 5.52 Å². The second-order valence-corrected chi connectivity index (χ2v) is 8.05. The summed E-state index contributed by atoms with van der Waals surface area (Å²) in [7, 11) is 4.21. The average Bonchev–Trinajstić information content (AvgIpc) is 2.98. The third kappa shape index (κ3) is 4.00. The van der Waals surface area contributed by atoms with Crippen molar-refractivity contribution >= 4 is 34.3 Å². The van der Waals surface area contributed by atoms with Gasteiger partial charge in [0, 0.05) is 34.4 Å². The van der Waals surface area contributed by atoms with Gasteiger partial charge in [-0.1, -0.05) is 72.3 Å². The molecular weight excluding hydrogens is 376 g/mol. The van der Waals surface area contributed by atoms with Crippen molar-refractivity contribution in [1.29, 1.82) is 0 Å². The molecule has 4 rings (SSSR count). The summed E-state index contributed by atoms with van der Waals surface area (Å²) in [5.41, 5.74) is 7.31. The van der Waals surface area contributed by atoms with Crippen LogP contribution in [0.4, 0.5) is 0 Å². The van der Waals surface area contributed by atoms with Crippen LogP contribution < -0.4 is 0 Å².